The lowest BCUT2D eigenvalue weighted by molar-refractivity contribution is 0.614. The fraction of sp³-hybridized carbons (Fsp3) is 0.615. The number of hydrogen-bond acceptors (Lipinski definition) is 2. The van der Waals surface area contributed by atoms with Crippen LogP contribution in [0.4, 0.5) is 5.82 Å². The van der Waals surface area contributed by atoms with Gasteiger partial charge in [0.25, 0.3) is 0 Å². The topological polar surface area (TPSA) is 16.1 Å². The normalized spacial score (nSPS) is 16.4. The number of aryl methyl sites for hydroxylation is 1. The molecule has 2 rings (SSSR count). The quantitative estimate of drug-likeness (QED) is 0.743. The van der Waals surface area contributed by atoms with Crippen LogP contribution in [0, 0.1) is 6.92 Å². The molecule has 0 aliphatic heterocycles. The van der Waals surface area contributed by atoms with Gasteiger partial charge in [-0.2, -0.15) is 0 Å². The van der Waals surface area contributed by atoms with Crippen LogP contribution in [0.5, 0.6) is 0 Å². The van der Waals surface area contributed by atoms with Crippen molar-refractivity contribution in [3.05, 3.63) is 22.3 Å². The highest BCUT2D eigenvalue weighted by atomic mass is 79.9. The van der Waals surface area contributed by atoms with E-state index >= 15 is 0 Å². The molecule has 2 nitrogen and oxygen atoms in total. The first-order valence-corrected chi connectivity index (χ1v) is 8.08. The molecule has 0 amide bonds. The lowest BCUT2D eigenvalue weighted by Gasteiger charge is -2.30. The summed E-state index contributed by atoms with van der Waals surface area (Å²) in [5.74, 6) is 1.10. The summed E-state index contributed by atoms with van der Waals surface area (Å²) in [4.78, 5) is 7.05. The zero-order chi connectivity index (χ0) is 12.3. The van der Waals surface area contributed by atoms with Crippen molar-refractivity contribution < 1.29 is 0 Å². The average molecular weight is 362 g/mol. The van der Waals surface area contributed by atoms with E-state index in [1.807, 2.05) is 6.20 Å². The second-order valence-electron chi connectivity index (χ2n) is 4.64. The third-order valence-electron chi connectivity index (χ3n) is 3.32. The van der Waals surface area contributed by atoms with Crippen LogP contribution in [0.25, 0.3) is 0 Å². The molecule has 4 heteroatoms. The Kier molecular flexibility index (Phi) is 4.86. The molecule has 1 aliphatic rings. The summed E-state index contributed by atoms with van der Waals surface area (Å²) in [5, 5.41) is 0.992. The van der Waals surface area contributed by atoms with Gasteiger partial charge in [0, 0.05) is 24.1 Å². The Labute approximate surface area is 120 Å². The van der Waals surface area contributed by atoms with Crippen LogP contribution in [0.3, 0.4) is 0 Å². The van der Waals surface area contributed by atoms with Crippen LogP contribution >= 0.6 is 31.9 Å². The van der Waals surface area contributed by atoms with Crippen LogP contribution in [0.1, 0.15) is 31.2 Å². The first-order valence-electron chi connectivity index (χ1n) is 6.17. The molecule has 0 spiro atoms. The van der Waals surface area contributed by atoms with Gasteiger partial charge >= 0.3 is 0 Å². The van der Waals surface area contributed by atoms with Crippen molar-refractivity contribution in [3.8, 4) is 0 Å². The molecule has 1 fully saturated rings. The highest BCUT2D eigenvalue weighted by molar-refractivity contribution is 9.10. The van der Waals surface area contributed by atoms with Gasteiger partial charge in [0.15, 0.2) is 0 Å². The molecule has 94 valence electrons. The average Bonchev–Trinajstić information content (AvgIpc) is 2.80. The molecule has 0 saturated heterocycles. The summed E-state index contributed by atoms with van der Waals surface area (Å²) in [6, 6.07) is 2.82. The SMILES string of the molecule is Cc1cnc(N(CCBr)C2CCCC2)c(Br)c1. The third-order valence-corrected chi connectivity index (χ3v) is 4.26. The molecule has 17 heavy (non-hydrogen) atoms. The number of pyridine rings is 1. The smallest absolute Gasteiger partial charge is 0.143 e. The van der Waals surface area contributed by atoms with Gasteiger partial charge in [0.2, 0.25) is 0 Å². The minimum atomic E-state index is 0.666. The van der Waals surface area contributed by atoms with E-state index in [4.69, 9.17) is 0 Å². The predicted molar refractivity (Wildman–Crippen MR) is 80.1 cm³/mol. The van der Waals surface area contributed by atoms with Gasteiger partial charge in [-0.3, -0.25) is 0 Å². The Morgan fingerprint density at radius 1 is 1.41 bits per heavy atom. The number of hydrogen-bond donors (Lipinski definition) is 0. The molecule has 0 atom stereocenters. The number of rotatable bonds is 4. The molecule has 0 bridgehead atoms. The summed E-state index contributed by atoms with van der Waals surface area (Å²) in [6.45, 7) is 3.10. The van der Waals surface area contributed by atoms with Crippen LogP contribution in [0.15, 0.2) is 16.7 Å². The number of aromatic nitrogens is 1. The molecule has 1 aromatic heterocycles. The maximum atomic E-state index is 4.60. The van der Waals surface area contributed by atoms with Crippen LogP contribution < -0.4 is 4.90 Å². The van der Waals surface area contributed by atoms with Crippen molar-refractivity contribution in [2.24, 2.45) is 0 Å². The number of halogens is 2. The molecule has 0 N–H and O–H groups in total. The van der Waals surface area contributed by atoms with E-state index in [9.17, 15) is 0 Å². The zero-order valence-electron chi connectivity index (χ0n) is 10.1. The van der Waals surface area contributed by atoms with Gasteiger partial charge in [-0.15, -0.1) is 0 Å². The van der Waals surface area contributed by atoms with Crippen molar-refractivity contribution in [2.75, 3.05) is 16.8 Å². The summed E-state index contributed by atoms with van der Waals surface area (Å²) >= 11 is 7.19. The Balaban J connectivity index is 2.24. The monoisotopic (exact) mass is 360 g/mol. The third kappa shape index (κ3) is 3.22. The summed E-state index contributed by atoms with van der Waals surface area (Å²) in [7, 11) is 0. The van der Waals surface area contributed by atoms with E-state index < -0.39 is 0 Å². The lowest BCUT2D eigenvalue weighted by atomic mass is 10.2. The number of alkyl halides is 1. The molecule has 0 aromatic carbocycles. The van der Waals surface area contributed by atoms with Gasteiger partial charge in [-0.1, -0.05) is 28.8 Å². The van der Waals surface area contributed by atoms with Gasteiger partial charge in [-0.05, 0) is 47.3 Å². The molecule has 1 heterocycles. The highest BCUT2D eigenvalue weighted by Gasteiger charge is 2.24. The van der Waals surface area contributed by atoms with E-state index in [2.05, 4.69) is 54.7 Å². The fourth-order valence-corrected chi connectivity index (χ4v) is 3.58. The summed E-state index contributed by atoms with van der Waals surface area (Å²) < 4.78 is 1.12. The maximum Gasteiger partial charge on any atom is 0.143 e. The van der Waals surface area contributed by atoms with Gasteiger partial charge in [0.1, 0.15) is 5.82 Å². The van der Waals surface area contributed by atoms with Gasteiger partial charge in [0.05, 0.1) is 4.47 Å². The number of nitrogens with zero attached hydrogens (tertiary/aromatic N) is 2. The lowest BCUT2D eigenvalue weighted by Crippen LogP contribution is -2.35. The standard InChI is InChI=1S/C13H18Br2N2/c1-10-8-12(15)13(16-9-10)17(7-6-14)11-4-2-3-5-11/h8-9,11H,2-7H2,1H3. The van der Waals surface area contributed by atoms with E-state index in [1.54, 1.807) is 0 Å². The molecule has 1 aromatic rings. The molecular weight excluding hydrogens is 344 g/mol. The second-order valence-corrected chi connectivity index (χ2v) is 6.29. The fourth-order valence-electron chi connectivity index (χ4n) is 2.51. The Hall–Kier alpha value is -0.0900. The van der Waals surface area contributed by atoms with Crippen molar-refractivity contribution in [1.82, 2.24) is 4.98 Å². The summed E-state index contributed by atoms with van der Waals surface area (Å²) in [5.41, 5.74) is 1.20. The van der Waals surface area contributed by atoms with Crippen molar-refractivity contribution >= 4 is 37.7 Å². The maximum absolute atomic E-state index is 4.60. The minimum absolute atomic E-state index is 0.666. The molecule has 1 aliphatic carbocycles. The Bertz CT molecular complexity index is 376. The molecule has 0 radical (unpaired) electrons. The Morgan fingerprint density at radius 2 is 2.12 bits per heavy atom. The molecular formula is C13H18Br2N2. The molecule has 1 saturated carbocycles. The largest absolute Gasteiger partial charge is 0.352 e. The summed E-state index contributed by atoms with van der Waals surface area (Å²) in [6.07, 6.45) is 7.26. The van der Waals surface area contributed by atoms with Crippen LogP contribution in [-0.4, -0.2) is 22.9 Å². The van der Waals surface area contributed by atoms with Crippen LogP contribution in [0.2, 0.25) is 0 Å². The second kappa shape index (κ2) is 6.19. The van der Waals surface area contributed by atoms with E-state index in [0.717, 1.165) is 22.2 Å². The van der Waals surface area contributed by atoms with Crippen molar-refractivity contribution in [2.45, 2.75) is 38.6 Å². The van der Waals surface area contributed by atoms with Crippen molar-refractivity contribution in [3.63, 3.8) is 0 Å². The first kappa shape index (κ1) is 13.3. The van der Waals surface area contributed by atoms with Gasteiger partial charge in [-0.25, -0.2) is 4.98 Å². The van der Waals surface area contributed by atoms with E-state index in [1.165, 1.54) is 31.2 Å². The predicted octanol–water partition coefficient (Wildman–Crippen LogP) is 4.30. The zero-order valence-corrected chi connectivity index (χ0v) is 13.3. The molecule has 0 unspecified atom stereocenters. The van der Waals surface area contributed by atoms with Crippen molar-refractivity contribution in [1.29, 1.82) is 0 Å². The minimum Gasteiger partial charge on any atom is -0.352 e. The van der Waals surface area contributed by atoms with E-state index in [0.29, 0.717) is 6.04 Å². The first-order chi connectivity index (χ1) is 8.22. The van der Waals surface area contributed by atoms with Crippen LogP contribution in [-0.2, 0) is 0 Å². The highest BCUT2D eigenvalue weighted by Crippen LogP contribution is 2.31. The van der Waals surface area contributed by atoms with Gasteiger partial charge < -0.3 is 4.90 Å². The van der Waals surface area contributed by atoms with E-state index in [-0.39, 0.29) is 0 Å². The number of anilines is 1. The Morgan fingerprint density at radius 3 is 2.71 bits per heavy atom.